The number of anilines is 1. The van der Waals surface area contributed by atoms with Gasteiger partial charge in [-0.25, -0.2) is 0 Å². The van der Waals surface area contributed by atoms with Crippen LogP contribution in [0.4, 0.5) is 5.69 Å². The number of hydrogen-bond donors (Lipinski definition) is 1. The summed E-state index contributed by atoms with van der Waals surface area (Å²) in [5.74, 6) is 0.928. The first-order valence-corrected chi connectivity index (χ1v) is 10.4. The van der Waals surface area contributed by atoms with Crippen LogP contribution in [0.3, 0.4) is 0 Å². The summed E-state index contributed by atoms with van der Waals surface area (Å²) in [7, 11) is 1.95. The first-order chi connectivity index (χ1) is 13.7. The zero-order chi connectivity index (χ0) is 19.3. The van der Waals surface area contributed by atoms with Crippen LogP contribution >= 0.6 is 0 Å². The van der Waals surface area contributed by atoms with Crippen molar-refractivity contribution in [3.05, 3.63) is 59.9 Å². The van der Waals surface area contributed by atoms with Crippen LogP contribution < -0.4 is 10.2 Å². The Morgan fingerprint density at radius 2 is 1.86 bits per heavy atom. The normalized spacial score (nSPS) is 19.9. The lowest BCUT2D eigenvalue weighted by atomic mass is 9.92. The Labute approximate surface area is 167 Å². The number of nitrogens with zero attached hydrogens (tertiary/aromatic N) is 3. The fourth-order valence-electron chi connectivity index (χ4n) is 4.42. The van der Waals surface area contributed by atoms with Crippen LogP contribution in [-0.2, 0) is 17.8 Å². The molecule has 2 aliphatic rings. The second-order valence-electron chi connectivity index (χ2n) is 8.09. The molecule has 1 aromatic carbocycles. The van der Waals surface area contributed by atoms with Gasteiger partial charge in [0.25, 0.3) is 0 Å². The van der Waals surface area contributed by atoms with Gasteiger partial charge in [-0.2, -0.15) is 0 Å². The number of pyridine rings is 1. The lowest BCUT2D eigenvalue weighted by Crippen LogP contribution is -2.48. The summed E-state index contributed by atoms with van der Waals surface area (Å²) in [6, 6.07) is 12.5. The Balaban J connectivity index is 1.23. The largest absolute Gasteiger partial charge is 0.371 e. The minimum absolute atomic E-state index is 0.0894. The summed E-state index contributed by atoms with van der Waals surface area (Å²) in [5, 5.41) is 3.41. The number of piperidine rings is 1. The van der Waals surface area contributed by atoms with Crippen LogP contribution in [-0.4, -0.2) is 48.5 Å². The van der Waals surface area contributed by atoms with E-state index in [1.807, 2.05) is 24.3 Å². The Bertz CT molecular complexity index is 786. The van der Waals surface area contributed by atoms with Gasteiger partial charge in [0.05, 0.1) is 6.04 Å². The SMILES string of the molecule is CN(CCC1CCN(c2ccncc2)CC1)C(=O)C1Cc2ccccc2CN1. The molecule has 1 amide bonds. The van der Waals surface area contributed by atoms with Gasteiger partial charge in [0.1, 0.15) is 0 Å². The summed E-state index contributed by atoms with van der Waals surface area (Å²) in [6.07, 6.45) is 8.00. The smallest absolute Gasteiger partial charge is 0.239 e. The summed E-state index contributed by atoms with van der Waals surface area (Å²) < 4.78 is 0. The zero-order valence-corrected chi connectivity index (χ0v) is 16.7. The second kappa shape index (κ2) is 8.74. The Morgan fingerprint density at radius 3 is 2.61 bits per heavy atom. The molecule has 1 N–H and O–H groups in total. The van der Waals surface area contributed by atoms with E-state index in [9.17, 15) is 4.79 Å². The average Bonchev–Trinajstić information content (AvgIpc) is 2.77. The molecule has 0 saturated carbocycles. The van der Waals surface area contributed by atoms with E-state index >= 15 is 0 Å². The molecule has 1 aromatic heterocycles. The lowest BCUT2D eigenvalue weighted by molar-refractivity contribution is -0.132. The highest BCUT2D eigenvalue weighted by Gasteiger charge is 2.27. The molecule has 1 fully saturated rings. The number of benzene rings is 1. The third-order valence-electron chi connectivity index (χ3n) is 6.27. The first-order valence-electron chi connectivity index (χ1n) is 10.4. The monoisotopic (exact) mass is 378 g/mol. The van der Waals surface area contributed by atoms with Gasteiger partial charge < -0.3 is 15.1 Å². The van der Waals surface area contributed by atoms with Gasteiger partial charge in [-0.1, -0.05) is 24.3 Å². The molecule has 3 heterocycles. The molecule has 1 unspecified atom stereocenters. The Kier molecular flexibility index (Phi) is 5.91. The van der Waals surface area contributed by atoms with E-state index in [-0.39, 0.29) is 11.9 Å². The summed E-state index contributed by atoms with van der Waals surface area (Å²) in [5.41, 5.74) is 3.89. The molecule has 1 saturated heterocycles. The Morgan fingerprint density at radius 1 is 1.14 bits per heavy atom. The number of hydrogen-bond acceptors (Lipinski definition) is 4. The van der Waals surface area contributed by atoms with Crippen LogP contribution in [0.5, 0.6) is 0 Å². The quantitative estimate of drug-likeness (QED) is 0.869. The fourth-order valence-corrected chi connectivity index (χ4v) is 4.42. The summed E-state index contributed by atoms with van der Waals surface area (Å²) >= 11 is 0. The molecule has 5 nitrogen and oxygen atoms in total. The number of carbonyl (C=O) groups is 1. The number of nitrogens with one attached hydrogen (secondary N) is 1. The standard InChI is InChI=1S/C23H30N4O/c1-26(23(28)22-16-19-4-2-3-5-20(19)17-25-22)13-8-18-9-14-27(15-10-18)21-6-11-24-12-7-21/h2-7,11-12,18,22,25H,8-10,13-17H2,1H3. The highest BCUT2D eigenvalue weighted by Crippen LogP contribution is 2.25. The number of fused-ring (bicyclic) bond motifs is 1. The van der Waals surface area contributed by atoms with Crippen molar-refractivity contribution in [2.24, 2.45) is 5.92 Å². The number of carbonyl (C=O) groups excluding carboxylic acids is 1. The van der Waals surface area contributed by atoms with E-state index in [0.717, 1.165) is 39.0 Å². The van der Waals surface area contributed by atoms with Crippen molar-refractivity contribution in [1.82, 2.24) is 15.2 Å². The third kappa shape index (κ3) is 4.36. The predicted octanol–water partition coefficient (Wildman–Crippen LogP) is 2.86. The number of likely N-dealkylation sites (N-methyl/N-ethyl adjacent to an activating group) is 1. The molecule has 148 valence electrons. The van der Waals surface area contributed by atoms with Gasteiger partial charge in [-0.15, -0.1) is 0 Å². The van der Waals surface area contributed by atoms with E-state index in [1.54, 1.807) is 0 Å². The fraction of sp³-hybridized carbons (Fsp3) is 0.478. The minimum Gasteiger partial charge on any atom is -0.371 e. The molecule has 0 spiro atoms. The van der Waals surface area contributed by atoms with Gasteiger partial charge in [-0.3, -0.25) is 9.78 Å². The van der Waals surface area contributed by atoms with Gasteiger partial charge in [0.15, 0.2) is 0 Å². The molecular formula is C23H30N4O. The van der Waals surface area contributed by atoms with Crippen LogP contribution in [0.15, 0.2) is 48.8 Å². The van der Waals surface area contributed by atoms with Crippen molar-refractivity contribution in [3.63, 3.8) is 0 Å². The molecule has 2 aromatic rings. The highest BCUT2D eigenvalue weighted by molar-refractivity contribution is 5.82. The maximum atomic E-state index is 12.9. The molecule has 0 bridgehead atoms. The van der Waals surface area contributed by atoms with Gasteiger partial charge in [-0.05, 0) is 54.9 Å². The number of rotatable bonds is 5. The zero-order valence-electron chi connectivity index (χ0n) is 16.7. The molecule has 1 atom stereocenters. The maximum absolute atomic E-state index is 12.9. The van der Waals surface area contributed by atoms with E-state index in [4.69, 9.17) is 0 Å². The summed E-state index contributed by atoms with van der Waals surface area (Å²) in [6.45, 7) is 3.81. The van der Waals surface area contributed by atoms with Crippen molar-refractivity contribution in [2.45, 2.75) is 38.3 Å². The summed E-state index contributed by atoms with van der Waals surface area (Å²) in [4.78, 5) is 21.3. The minimum atomic E-state index is -0.0894. The van der Waals surface area contributed by atoms with Crippen molar-refractivity contribution in [1.29, 1.82) is 0 Å². The van der Waals surface area contributed by atoms with Crippen LogP contribution in [0.2, 0.25) is 0 Å². The molecular weight excluding hydrogens is 348 g/mol. The topological polar surface area (TPSA) is 48.5 Å². The van der Waals surface area contributed by atoms with E-state index in [1.165, 1.54) is 29.7 Å². The maximum Gasteiger partial charge on any atom is 0.239 e. The van der Waals surface area contributed by atoms with Gasteiger partial charge in [0, 0.05) is 51.3 Å². The second-order valence-corrected chi connectivity index (χ2v) is 8.09. The molecule has 4 rings (SSSR count). The Hall–Kier alpha value is -2.40. The van der Waals surface area contributed by atoms with Crippen molar-refractivity contribution in [2.75, 3.05) is 31.6 Å². The molecule has 0 radical (unpaired) electrons. The van der Waals surface area contributed by atoms with E-state index in [0.29, 0.717) is 5.92 Å². The average molecular weight is 379 g/mol. The third-order valence-corrected chi connectivity index (χ3v) is 6.27. The van der Waals surface area contributed by atoms with Gasteiger partial charge in [0.2, 0.25) is 5.91 Å². The number of aromatic nitrogens is 1. The van der Waals surface area contributed by atoms with Crippen LogP contribution in [0, 0.1) is 5.92 Å². The van der Waals surface area contributed by atoms with Crippen molar-refractivity contribution >= 4 is 11.6 Å². The number of amides is 1. The highest BCUT2D eigenvalue weighted by atomic mass is 16.2. The molecule has 2 aliphatic heterocycles. The molecule has 0 aliphatic carbocycles. The van der Waals surface area contributed by atoms with E-state index in [2.05, 4.69) is 51.6 Å². The van der Waals surface area contributed by atoms with Gasteiger partial charge >= 0.3 is 0 Å². The first kappa shape index (κ1) is 18.9. The van der Waals surface area contributed by atoms with E-state index < -0.39 is 0 Å². The molecule has 28 heavy (non-hydrogen) atoms. The molecule has 5 heteroatoms. The van der Waals surface area contributed by atoms with Crippen LogP contribution in [0.1, 0.15) is 30.4 Å². The lowest BCUT2D eigenvalue weighted by Gasteiger charge is -2.34. The van der Waals surface area contributed by atoms with Crippen molar-refractivity contribution < 1.29 is 4.79 Å². The predicted molar refractivity (Wildman–Crippen MR) is 112 cm³/mol. The van der Waals surface area contributed by atoms with Crippen LogP contribution in [0.25, 0.3) is 0 Å². The van der Waals surface area contributed by atoms with Crippen molar-refractivity contribution in [3.8, 4) is 0 Å².